The van der Waals surface area contributed by atoms with Crippen LogP contribution in [0.25, 0.3) is 0 Å². The Hall–Kier alpha value is -0.130. The van der Waals surface area contributed by atoms with Gasteiger partial charge in [0.15, 0.2) is 0 Å². The Morgan fingerprint density at radius 2 is 2.22 bits per heavy atom. The van der Waals surface area contributed by atoms with Crippen LogP contribution < -0.4 is 10.5 Å². The van der Waals surface area contributed by atoms with E-state index in [1.54, 1.807) is 0 Å². The van der Waals surface area contributed by atoms with E-state index in [1.165, 1.54) is 0 Å². The fourth-order valence-corrected chi connectivity index (χ4v) is 1.94. The van der Waals surface area contributed by atoms with Crippen LogP contribution in [-0.4, -0.2) is 26.8 Å². The van der Waals surface area contributed by atoms with E-state index in [9.17, 15) is 8.42 Å². The zero-order valence-electron chi connectivity index (χ0n) is 5.00. The maximum absolute atomic E-state index is 10.6. The fourth-order valence-electron chi connectivity index (χ4n) is 0.715. The van der Waals surface area contributed by atoms with Crippen LogP contribution in [0.4, 0.5) is 0 Å². The Bertz CT molecular complexity index is 173. The van der Waals surface area contributed by atoms with Gasteiger partial charge in [0.2, 0.25) is 10.0 Å². The highest BCUT2D eigenvalue weighted by atomic mass is 32.2. The molecular formula is C4H10N2O2S. The molecule has 1 rings (SSSR count). The molecule has 1 heterocycles. The molecule has 0 spiro atoms. The monoisotopic (exact) mass is 150 g/mol. The van der Waals surface area contributed by atoms with Crippen molar-refractivity contribution in [2.24, 2.45) is 5.73 Å². The molecule has 0 aromatic rings. The fraction of sp³-hybridized carbons (Fsp3) is 1.00. The second-order valence-corrected chi connectivity index (χ2v) is 4.14. The molecule has 1 aliphatic heterocycles. The van der Waals surface area contributed by atoms with Gasteiger partial charge in [-0.2, -0.15) is 0 Å². The molecule has 4 nitrogen and oxygen atoms in total. The molecule has 54 valence electrons. The van der Waals surface area contributed by atoms with Crippen molar-refractivity contribution < 1.29 is 8.42 Å². The van der Waals surface area contributed by atoms with E-state index in [0.717, 1.165) is 0 Å². The van der Waals surface area contributed by atoms with Crippen LogP contribution >= 0.6 is 0 Å². The van der Waals surface area contributed by atoms with E-state index in [1.807, 2.05) is 0 Å². The number of hydrogen-bond acceptors (Lipinski definition) is 3. The molecule has 0 aliphatic carbocycles. The summed E-state index contributed by atoms with van der Waals surface area (Å²) in [6.07, 6.45) is 0.579. The van der Waals surface area contributed by atoms with Gasteiger partial charge in [0.25, 0.3) is 0 Å². The molecular weight excluding hydrogens is 140 g/mol. The highest BCUT2D eigenvalue weighted by Gasteiger charge is 2.19. The van der Waals surface area contributed by atoms with Gasteiger partial charge in [-0.15, -0.1) is 0 Å². The number of hydrogen-bond donors (Lipinski definition) is 2. The summed E-state index contributed by atoms with van der Waals surface area (Å²) in [4.78, 5) is 0. The van der Waals surface area contributed by atoms with Gasteiger partial charge in [0.1, 0.15) is 0 Å². The van der Waals surface area contributed by atoms with Gasteiger partial charge in [0.05, 0.1) is 5.75 Å². The predicted molar refractivity (Wildman–Crippen MR) is 34.4 cm³/mol. The van der Waals surface area contributed by atoms with Crippen LogP contribution in [0.5, 0.6) is 0 Å². The number of nitrogens with one attached hydrogen (secondary N) is 1. The first kappa shape index (κ1) is 6.98. The third kappa shape index (κ3) is 1.92. The van der Waals surface area contributed by atoms with E-state index in [2.05, 4.69) is 4.72 Å². The van der Waals surface area contributed by atoms with Gasteiger partial charge in [0, 0.05) is 12.6 Å². The standard InChI is InChI=1S/C4H10N2O2S/c5-4-1-2-9(7,8)6-3-4/h4,6H,1-3,5H2. The Labute approximate surface area is 54.5 Å². The third-order valence-corrected chi connectivity index (χ3v) is 2.70. The summed E-state index contributed by atoms with van der Waals surface area (Å²) in [6.45, 7) is 0.391. The van der Waals surface area contributed by atoms with Gasteiger partial charge in [-0.3, -0.25) is 0 Å². The van der Waals surface area contributed by atoms with Gasteiger partial charge in [-0.1, -0.05) is 0 Å². The van der Waals surface area contributed by atoms with E-state index in [4.69, 9.17) is 5.73 Å². The van der Waals surface area contributed by atoms with Crippen LogP contribution in [0.15, 0.2) is 0 Å². The van der Waals surface area contributed by atoms with E-state index in [0.29, 0.717) is 13.0 Å². The minimum Gasteiger partial charge on any atom is -0.326 e. The van der Waals surface area contributed by atoms with Crippen molar-refractivity contribution in [2.75, 3.05) is 12.3 Å². The van der Waals surface area contributed by atoms with Gasteiger partial charge >= 0.3 is 0 Å². The Balaban J connectivity index is 2.55. The lowest BCUT2D eigenvalue weighted by molar-refractivity contribution is 0.533. The predicted octanol–water partition coefficient (Wildman–Crippen LogP) is -1.36. The zero-order chi connectivity index (χ0) is 6.91. The van der Waals surface area contributed by atoms with E-state index in [-0.39, 0.29) is 11.8 Å². The van der Waals surface area contributed by atoms with Crippen LogP contribution in [0.1, 0.15) is 6.42 Å². The molecule has 1 unspecified atom stereocenters. The largest absolute Gasteiger partial charge is 0.326 e. The van der Waals surface area contributed by atoms with Crippen molar-refractivity contribution in [2.45, 2.75) is 12.5 Å². The first-order chi connectivity index (χ1) is 4.10. The van der Waals surface area contributed by atoms with E-state index >= 15 is 0 Å². The molecule has 0 amide bonds. The average Bonchev–Trinajstić information content (AvgIpc) is 1.78. The molecule has 1 aliphatic rings. The van der Waals surface area contributed by atoms with Gasteiger partial charge in [-0.05, 0) is 6.42 Å². The van der Waals surface area contributed by atoms with Crippen LogP contribution in [0.3, 0.4) is 0 Å². The van der Waals surface area contributed by atoms with E-state index < -0.39 is 10.0 Å². The molecule has 0 radical (unpaired) electrons. The Morgan fingerprint density at radius 1 is 1.56 bits per heavy atom. The maximum atomic E-state index is 10.6. The Kier molecular flexibility index (Phi) is 1.74. The summed E-state index contributed by atoms with van der Waals surface area (Å²) in [5.41, 5.74) is 5.43. The number of sulfonamides is 1. The molecule has 3 N–H and O–H groups in total. The van der Waals surface area contributed by atoms with Crippen LogP contribution in [0.2, 0.25) is 0 Å². The zero-order valence-corrected chi connectivity index (χ0v) is 5.82. The summed E-state index contributed by atoms with van der Waals surface area (Å²) in [5, 5.41) is 0. The molecule has 1 fully saturated rings. The lowest BCUT2D eigenvalue weighted by Crippen LogP contribution is -2.44. The second kappa shape index (κ2) is 2.24. The summed E-state index contributed by atoms with van der Waals surface area (Å²) in [6, 6.07) is 0.00789. The van der Waals surface area contributed by atoms with Crippen molar-refractivity contribution in [3.63, 3.8) is 0 Å². The van der Waals surface area contributed by atoms with Crippen molar-refractivity contribution in [1.82, 2.24) is 4.72 Å². The molecule has 0 aromatic heterocycles. The SMILES string of the molecule is NC1CCS(=O)(=O)NC1. The first-order valence-corrected chi connectivity index (χ1v) is 4.48. The molecule has 1 atom stereocenters. The molecule has 9 heavy (non-hydrogen) atoms. The molecule has 1 saturated heterocycles. The van der Waals surface area contributed by atoms with Crippen LogP contribution in [0, 0.1) is 0 Å². The lowest BCUT2D eigenvalue weighted by Gasteiger charge is -2.18. The number of rotatable bonds is 0. The lowest BCUT2D eigenvalue weighted by atomic mass is 10.2. The highest BCUT2D eigenvalue weighted by Crippen LogP contribution is 1.99. The van der Waals surface area contributed by atoms with Crippen molar-refractivity contribution in [3.8, 4) is 0 Å². The summed E-state index contributed by atoms with van der Waals surface area (Å²) >= 11 is 0. The first-order valence-electron chi connectivity index (χ1n) is 2.83. The van der Waals surface area contributed by atoms with Gasteiger partial charge < -0.3 is 5.73 Å². The summed E-state index contributed by atoms with van der Waals surface area (Å²) in [5.74, 6) is 0.175. The minimum atomic E-state index is -2.95. The van der Waals surface area contributed by atoms with Crippen molar-refractivity contribution in [1.29, 1.82) is 0 Å². The quantitative estimate of drug-likeness (QED) is 0.448. The molecule has 0 aromatic carbocycles. The Morgan fingerprint density at radius 3 is 2.56 bits per heavy atom. The second-order valence-electron chi connectivity index (χ2n) is 2.22. The molecule has 0 bridgehead atoms. The van der Waals surface area contributed by atoms with Crippen LogP contribution in [-0.2, 0) is 10.0 Å². The molecule has 5 heteroatoms. The number of nitrogens with two attached hydrogens (primary N) is 1. The van der Waals surface area contributed by atoms with Gasteiger partial charge in [-0.25, -0.2) is 13.1 Å². The topological polar surface area (TPSA) is 72.2 Å². The normalized spacial score (nSPS) is 34.1. The smallest absolute Gasteiger partial charge is 0.211 e. The van der Waals surface area contributed by atoms with Crippen molar-refractivity contribution >= 4 is 10.0 Å². The minimum absolute atomic E-state index is 0.00789. The summed E-state index contributed by atoms with van der Waals surface area (Å²) in [7, 11) is -2.95. The highest BCUT2D eigenvalue weighted by molar-refractivity contribution is 7.89. The molecule has 0 saturated carbocycles. The third-order valence-electron chi connectivity index (χ3n) is 1.32. The maximum Gasteiger partial charge on any atom is 0.211 e. The van der Waals surface area contributed by atoms with Crippen molar-refractivity contribution in [3.05, 3.63) is 0 Å². The summed E-state index contributed by atoms with van der Waals surface area (Å²) < 4.78 is 23.6. The average molecular weight is 150 g/mol.